The Morgan fingerprint density at radius 1 is 1.32 bits per heavy atom. The van der Waals surface area contributed by atoms with Crippen molar-refractivity contribution >= 4 is 5.69 Å². The highest BCUT2D eigenvalue weighted by Gasteiger charge is 2.32. The molecular formula is C19H30N2O. The zero-order chi connectivity index (χ0) is 15.9. The minimum absolute atomic E-state index is 0.568. The summed E-state index contributed by atoms with van der Waals surface area (Å²) in [5, 5.41) is 0. The Hall–Kier alpha value is -1.51. The van der Waals surface area contributed by atoms with E-state index in [1.807, 2.05) is 6.20 Å². The zero-order valence-electron chi connectivity index (χ0n) is 14.3. The molecule has 0 bridgehead atoms. The number of pyridine rings is 1. The van der Waals surface area contributed by atoms with Crippen molar-refractivity contribution in [1.29, 1.82) is 0 Å². The summed E-state index contributed by atoms with van der Waals surface area (Å²) in [6.45, 7) is 11.5. The number of ether oxygens (including phenoxy) is 1. The Morgan fingerprint density at radius 2 is 2.09 bits per heavy atom. The van der Waals surface area contributed by atoms with E-state index < -0.39 is 0 Å². The maximum Gasteiger partial charge on any atom is 0.215 e. The second-order valence-electron chi connectivity index (χ2n) is 6.21. The molecule has 0 saturated carbocycles. The normalized spacial score (nSPS) is 21.1. The van der Waals surface area contributed by atoms with Gasteiger partial charge in [-0.3, -0.25) is 0 Å². The van der Waals surface area contributed by atoms with Gasteiger partial charge in [0.2, 0.25) is 5.88 Å². The van der Waals surface area contributed by atoms with Gasteiger partial charge in [-0.1, -0.05) is 32.9 Å². The molecule has 122 valence electrons. The maximum absolute atomic E-state index is 5.71. The maximum atomic E-state index is 5.71. The van der Waals surface area contributed by atoms with E-state index in [1.165, 1.54) is 30.5 Å². The molecule has 1 saturated heterocycles. The van der Waals surface area contributed by atoms with Gasteiger partial charge < -0.3 is 9.64 Å². The Labute approximate surface area is 135 Å². The quantitative estimate of drug-likeness (QED) is 0.634. The molecule has 3 heteroatoms. The van der Waals surface area contributed by atoms with E-state index in [9.17, 15) is 0 Å². The molecule has 1 aromatic heterocycles. The summed E-state index contributed by atoms with van der Waals surface area (Å²) in [6.07, 6.45) is 8.76. The van der Waals surface area contributed by atoms with E-state index in [2.05, 4.69) is 49.4 Å². The fourth-order valence-corrected chi connectivity index (χ4v) is 3.31. The third-order valence-electron chi connectivity index (χ3n) is 4.59. The topological polar surface area (TPSA) is 25.4 Å². The average molecular weight is 302 g/mol. The van der Waals surface area contributed by atoms with E-state index in [4.69, 9.17) is 4.74 Å². The van der Waals surface area contributed by atoms with Gasteiger partial charge in [0.1, 0.15) is 0 Å². The van der Waals surface area contributed by atoms with E-state index in [0.29, 0.717) is 12.1 Å². The molecule has 22 heavy (non-hydrogen) atoms. The lowest BCUT2D eigenvalue weighted by molar-refractivity contribution is 0.305. The van der Waals surface area contributed by atoms with Crippen molar-refractivity contribution < 1.29 is 4.74 Å². The van der Waals surface area contributed by atoms with Crippen LogP contribution in [0.2, 0.25) is 0 Å². The summed E-state index contributed by atoms with van der Waals surface area (Å²) < 4.78 is 5.71. The summed E-state index contributed by atoms with van der Waals surface area (Å²) in [5.74, 6) is 0.745. The van der Waals surface area contributed by atoms with Crippen molar-refractivity contribution in [3.8, 4) is 5.88 Å². The smallest absolute Gasteiger partial charge is 0.215 e. The molecule has 2 unspecified atom stereocenters. The first-order chi connectivity index (χ1) is 10.7. The predicted molar refractivity (Wildman–Crippen MR) is 93.7 cm³/mol. The van der Waals surface area contributed by atoms with Gasteiger partial charge >= 0.3 is 0 Å². The van der Waals surface area contributed by atoms with E-state index in [0.717, 1.165) is 31.7 Å². The van der Waals surface area contributed by atoms with Gasteiger partial charge in [-0.05, 0) is 44.6 Å². The van der Waals surface area contributed by atoms with E-state index in [1.54, 1.807) is 0 Å². The molecule has 0 aromatic carbocycles. The minimum Gasteiger partial charge on any atom is -0.478 e. The van der Waals surface area contributed by atoms with Gasteiger partial charge in [0.05, 0.1) is 6.61 Å². The van der Waals surface area contributed by atoms with Crippen LogP contribution in [0.3, 0.4) is 0 Å². The van der Waals surface area contributed by atoms with Crippen LogP contribution in [0, 0.1) is 0 Å². The average Bonchev–Trinajstić information content (AvgIpc) is 2.95. The molecule has 0 aliphatic carbocycles. The van der Waals surface area contributed by atoms with Crippen LogP contribution in [0.4, 0.5) is 5.69 Å². The van der Waals surface area contributed by atoms with Crippen molar-refractivity contribution in [2.45, 2.75) is 71.4 Å². The van der Waals surface area contributed by atoms with Crippen LogP contribution in [0.25, 0.3) is 0 Å². The third-order valence-corrected chi connectivity index (χ3v) is 4.59. The summed E-state index contributed by atoms with van der Waals surface area (Å²) in [7, 11) is 0. The molecule has 2 atom stereocenters. The van der Waals surface area contributed by atoms with Crippen LogP contribution in [0.1, 0.15) is 59.3 Å². The molecular weight excluding hydrogens is 272 g/mol. The minimum atomic E-state index is 0.568. The molecule has 0 spiro atoms. The summed E-state index contributed by atoms with van der Waals surface area (Å²) in [6, 6.07) is 5.41. The number of aromatic nitrogens is 1. The van der Waals surface area contributed by atoms with Crippen LogP contribution >= 0.6 is 0 Å². The lowest BCUT2D eigenvalue weighted by atomic mass is 10.0. The molecule has 0 N–H and O–H groups in total. The van der Waals surface area contributed by atoms with Crippen LogP contribution < -0.4 is 9.64 Å². The highest BCUT2D eigenvalue weighted by molar-refractivity contribution is 5.51. The third kappa shape index (κ3) is 4.02. The van der Waals surface area contributed by atoms with Crippen LogP contribution in [0.5, 0.6) is 5.88 Å². The van der Waals surface area contributed by atoms with Gasteiger partial charge in [0.25, 0.3) is 0 Å². The number of hydrogen-bond acceptors (Lipinski definition) is 3. The highest BCUT2D eigenvalue weighted by Crippen LogP contribution is 2.35. The molecule has 1 fully saturated rings. The summed E-state index contributed by atoms with van der Waals surface area (Å²) >= 11 is 0. The standard InChI is InChI=1S/C19H30N2O/c1-5-12-22-19-14-18(10-11-20-19)21-16(7-3)8-9-17(21)13-15(4)6-2/h10-11,14,16-17H,4-9,12-13H2,1-3H3. The lowest BCUT2D eigenvalue weighted by Crippen LogP contribution is -2.36. The molecule has 0 amide bonds. The van der Waals surface area contributed by atoms with Gasteiger partial charge in [-0.2, -0.15) is 0 Å². The number of anilines is 1. The molecule has 0 radical (unpaired) electrons. The molecule has 2 rings (SSSR count). The SMILES string of the molecule is C=C(CC)CC1CCC(CC)N1c1ccnc(OCCC)c1. The van der Waals surface area contributed by atoms with Gasteiger partial charge in [0.15, 0.2) is 0 Å². The lowest BCUT2D eigenvalue weighted by Gasteiger charge is -2.32. The van der Waals surface area contributed by atoms with Gasteiger partial charge in [-0.15, -0.1) is 0 Å². The second-order valence-corrected chi connectivity index (χ2v) is 6.21. The highest BCUT2D eigenvalue weighted by atomic mass is 16.5. The molecule has 3 nitrogen and oxygen atoms in total. The molecule has 1 aromatic rings. The Balaban J connectivity index is 2.19. The second kappa shape index (κ2) is 8.21. The first-order valence-electron chi connectivity index (χ1n) is 8.73. The Kier molecular flexibility index (Phi) is 6.29. The van der Waals surface area contributed by atoms with Gasteiger partial charge in [-0.25, -0.2) is 4.98 Å². The summed E-state index contributed by atoms with van der Waals surface area (Å²) in [4.78, 5) is 6.92. The van der Waals surface area contributed by atoms with Crippen molar-refractivity contribution in [1.82, 2.24) is 4.98 Å². The predicted octanol–water partition coefficient (Wildman–Crippen LogP) is 4.97. The molecule has 1 aliphatic rings. The van der Waals surface area contributed by atoms with Crippen molar-refractivity contribution in [3.05, 3.63) is 30.5 Å². The fourth-order valence-electron chi connectivity index (χ4n) is 3.31. The Morgan fingerprint density at radius 3 is 2.77 bits per heavy atom. The Bertz CT molecular complexity index is 486. The number of nitrogens with zero attached hydrogens (tertiary/aromatic N) is 2. The number of hydrogen-bond donors (Lipinski definition) is 0. The first-order valence-corrected chi connectivity index (χ1v) is 8.73. The first kappa shape index (κ1) is 16.9. The molecule has 2 heterocycles. The molecule has 1 aliphatic heterocycles. The van der Waals surface area contributed by atoms with E-state index >= 15 is 0 Å². The van der Waals surface area contributed by atoms with Crippen molar-refractivity contribution in [2.75, 3.05) is 11.5 Å². The summed E-state index contributed by atoms with van der Waals surface area (Å²) in [5.41, 5.74) is 2.60. The fraction of sp³-hybridized carbons (Fsp3) is 0.632. The van der Waals surface area contributed by atoms with Crippen molar-refractivity contribution in [3.63, 3.8) is 0 Å². The van der Waals surface area contributed by atoms with Crippen LogP contribution in [-0.2, 0) is 0 Å². The van der Waals surface area contributed by atoms with Crippen molar-refractivity contribution in [2.24, 2.45) is 0 Å². The monoisotopic (exact) mass is 302 g/mol. The van der Waals surface area contributed by atoms with E-state index in [-0.39, 0.29) is 0 Å². The van der Waals surface area contributed by atoms with Crippen LogP contribution in [0.15, 0.2) is 30.5 Å². The largest absolute Gasteiger partial charge is 0.478 e. The number of rotatable bonds is 8. The van der Waals surface area contributed by atoms with Crippen LogP contribution in [-0.4, -0.2) is 23.7 Å². The zero-order valence-corrected chi connectivity index (χ0v) is 14.3. The van der Waals surface area contributed by atoms with Gasteiger partial charge in [0, 0.05) is 30.0 Å².